The number of benzene rings is 2. The van der Waals surface area contributed by atoms with Crippen molar-refractivity contribution in [2.24, 2.45) is 5.92 Å². The Morgan fingerprint density at radius 2 is 1.76 bits per heavy atom. The number of ether oxygens (including phenoxy) is 2. The number of aliphatic carboxylic acids is 1. The molecule has 0 radical (unpaired) electrons. The zero-order chi connectivity index (χ0) is 24.2. The van der Waals surface area contributed by atoms with Crippen LogP contribution in [0.1, 0.15) is 44.6 Å². The molecule has 1 aliphatic carbocycles. The average Bonchev–Trinajstić information content (AvgIpc) is 3.36. The summed E-state index contributed by atoms with van der Waals surface area (Å²) in [6.45, 7) is 3.71. The van der Waals surface area contributed by atoms with Crippen LogP contribution >= 0.6 is 0 Å². The van der Waals surface area contributed by atoms with Crippen LogP contribution in [0, 0.1) is 5.92 Å². The maximum Gasteiger partial charge on any atom is 0.333 e. The van der Waals surface area contributed by atoms with E-state index in [9.17, 15) is 14.7 Å². The molecule has 1 saturated carbocycles. The lowest BCUT2D eigenvalue weighted by molar-refractivity contribution is -0.149. The van der Waals surface area contributed by atoms with Crippen LogP contribution in [0.15, 0.2) is 54.6 Å². The van der Waals surface area contributed by atoms with Gasteiger partial charge in [0.25, 0.3) is 0 Å². The third kappa shape index (κ3) is 8.37. The third-order valence-corrected chi connectivity index (χ3v) is 6.21. The molecule has 3 rings (SSSR count). The fraction of sp³-hybridized carbons (Fsp3) is 0.481. The van der Waals surface area contributed by atoms with E-state index in [4.69, 9.17) is 9.47 Å². The maximum absolute atomic E-state index is 12.9. The Hall–Kier alpha value is -3.06. The first kappa shape index (κ1) is 25.6. The summed E-state index contributed by atoms with van der Waals surface area (Å²) >= 11 is 0. The minimum absolute atomic E-state index is 0.112. The Labute approximate surface area is 202 Å². The van der Waals surface area contributed by atoms with E-state index in [2.05, 4.69) is 5.32 Å². The molecular formula is C27H36N2O5. The van der Waals surface area contributed by atoms with Gasteiger partial charge >= 0.3 is 12.0 Å². The van der Waals surface area contributed by atoms with Crippen molar-refractivity contribution >= 4 is 17.7 Å². The highest BCUT2D eigenvalue weighted by Crippen LogP contribution is 2.27. The molecule has 0 spiro atoms. The van der Waals surface area contributed by atoms with Crippen molar-refractivity contribution in [2.75, 3.05) is 31.6 Å². The number of carbonyl (C=O) groups excluding carboxylic acids is 1. The number of nitrogens with one attached hydrogen (secondary N) is 1. The smallest absolute Gasteiger partial charge is 0.333 e. The van der Waals surface area contributed by atoms with Gasteiger partial charge in [0.05, 0.1) is 6.54 Å². The fourth-order valence-electron chi connectivity index (χ4n) is 4.30. The van der Waals surface area contributed by atoms with Gasteiger partial charge in [0.2, 0.25) is 0 Å². The number of rotatable bonds is 13. The third-order valence-electron chi connectivity index (χ3n) is 6.21. The summed E-state index contributed by atoms with van der Waals surface area (Å²) in [4.78, 5) is 26.0. The van der Waals surface area contributed by atoms with E-state index < -0.39 is 12.1 Å². The monoisotopic (exact) mass is 468 g/mol. The van der Waals surface area contributed by atoms with Gasteiger partial charge in [-0.3, -0.25) is 0 Å². The van der Waals surface area contributed by atoms with E-state index in [0.29, 0.717) is 44.4 Å². The van der Waals surface area contributed by atoms with Crippen molar-refractivity contribution in [2.45, 2.75) is 51.6 Å². The first-order valence-corrected chi connectivity index (χ1v) is 12.2. The first-order chi connectivity index (χ1) is 16.5. The van der Waals surface area contributed by atoms with Gasteiger partial charge in [-0.1, -0.05) is 56.0 Å². The largest absolute Gasteiger partial charge is 0.492 e. The average molecular weight is 469 g/mol. The van der Waals surface area contributed by atoms with Crippen molar-refractivity contribution in [3.8, 4) is 5.75 Å². The molecule has 0 heterocycles. The molecule has 34 heavy (non-hydrogen) atoms. The summed E-state index contributed by atoms with van der Waals surface area (Å²) in [5.41, 5.74) is 1.65. The highest BCUT2D eigenvalue weighted by molar-refractivity contribution is 5.89. The number of carboxylic acids is 1. The van der Waals surface area contributed by atoms with E-state index in [-0.39, 0.29) is 6.03 Å². The lowest BCUT2D eigenvalue weighted by atomic mass is 10.0. The molecule has 0 saturated heterocycles. The molecule has 1 fully saturated rings. The number of carboxylic acid groups (broad SMARTS) is 1. The van der Waals surface area contributed by atoms with Crippen molar-refractivity contribution in [3.05, 3.63) is 60.2 Å². The van der Waals surface area contributed by atoms with E-state index in [0.717, 1.165) is 17.7 Å². The topological polar surface area (TPSA) is 88.1 Å². The molecule has 0 bridgehead atoms. The molecule has 1 aliphatic rings. The Morgan fingerprint density at radius 3 is 2.41 bits per heavy atom. The predicted molar refractivity (Wildman–Crippen MR) is 132 cm³/mol. The summed E-state index contributed by atoms with van der Waals surface area (Å²) in [5, 5.41) is 12.2. The Bertz CT molecular complexity index is 882. The van der Waals surface area contributed by atoms with Crippen molar-refractivity contribution in [1.82, 2.24) is 4.90 Å². The maximum atomic E-state index is 12.9. The van der Waals surface area contributed by atoms with Gasteiger partial charge in [-0.05, 0) is 49.1 Å². The summed E-state index contributed by atoms with van der Waals surface area (Å²) in [6.07, 6.45) is 5.55. The molecule has 1 atom stereocenters. The fourth-order valence-corrected chi connectivity index (χ4v) is 4.30. The minimum Gasteiger partial charge on any atom is -0.492 e. The molecule has 2 N–H and O–H groups in total. The second-order valence-electron chi connectivity index (χ2n) is 8.70. The normalized spacial score (nSPS) is 14.5. The van der Waals surface area contributed by atoms with Crippen molar-refractivity contribution in [3.63, 3.8) is 0 Å². The first-order valence-electron chi connectivity index (χ1n) is 12.2. The number of para-hydroxylation sites is 1. The van der Waals surface area contributed by atoms with Crippen LogP contribution < -0.4 is 10.1 Å². The van der Waals surface area contributed by atoms with Gasteiger partial charge in [-0.25, -0.2) is 9.59 Å². The summed E-state index contributed by atoms with van der Waals surface area (Å²) in [5.74, 6) is 0.423. The van der Waals surface area contributed by atoms with E-state index in [1.807, 2.05) is 59.5 Å². The van der Waals surface area contributed by atoms with Crippen LogP contribution in [-0.4, -0.2) is 54.4 Å². The molecular weight excluding hydrogens is 432 g/mol. The Morgan fingerprint density at radius 1 is 1.06 bits per heavy atom. The van der Waals surface area contributed by atoms with Crippen molar-refractivity contribution in [1.29, 1.82) is 0 Å². The molecule has 7 nitrogen and oxygen atoms in total. The zero-order valence-corrected chi connectivity index (χ0v) is 19.9. The number of anilines is 1. The summed E-state index contributed by atoms with van der Waals surface area (Å²) in [7, 11) is 0. The molecule has 0 aromatic heterocycles. The zero-order valence-electron chi connectivity index (χ0n) is 19.9. The van der Waals surface area contributed by atoms with E-state index >= 15 is 0 Å². The lowest BCUT2D eigenvalue weighted by Gasteiger charge is -2.24. The van der Waals surface area contributed by atoms with E-state index in [1.165, 1.54) is 25.7 Å². The summed E-state index contributed by atoms with van der Waals surface area (Å²) < 4.78 is 11.2. The van der Waals surface area contributed by atoms with Gasteiger partial charge < -0.3 is 24.8 Å². The summed E-state index contributed by atoms with van der Waals surface area (Å²) in [6, 6.07) is 16.7. The quantitative estimate of drug-likeness (QED) is 0.421. The number of urea groups is 1. The Balaban J connectivity index is 1.51. The minimum atomic E-state index is -0.964. The number of hydrogen-bond donors (Lipinski definition) is 2. The van der Waals surface area contributed by atoms with Gasteiger partial charge in [0, 0.05) is 25.3 Å². The van der Waals surface area contributed by atoms with Crippen molar-refractivity contribution < 1.29 is 24.2 Å². The number of hydrogen-bond acceptors (Lipinski definition) is 4. The van der Waals surface area contributed by atoms with Crippen LogP contribution in [0.4, 0.5) is 10.5 Å². The van der Waals surface area contributed by atoms with Crippen LogP contribution in [0.25, 0.3) is 0 Å². The van der Waals surface area contributed by atoms with Crippen LogP contribution in [0.3, 0.4) is 0 Å². The van der Waals surface area contributed by atoms with Gasteiger partial charge in [0.15, 0.2) is 6.10 Å². The molecule has 2 aromatic rings. The molecule has 2 amide bonds. The van der Waals surface area contributed by atoms with Crippen LogP contribution in [0.2, 0.25) is 0 Å². The van der Waals surface area contributed by atoms with Crippen LogP contribution in [-0.2, 0) is 16.0 Å². The molecule has 1 unspecified atom stereocenters. The SMILES string of the molecule is CCOC(Cc1ccc(OCCN(CCC2CCCC2)C(=O)Nc2ccccc2)cc1)C(=O)O. The number of carbonyl (C=O) groups is 2. The highest BCUT2D eigenvalue weighted by atomic mass is 16.5. The number of amides is 2. The standard InChI is InChI=1S/C27H36N2O5/c1-2-33-25(26(30)31)20-22-12-14-24(15-13-22)34-19-18-29(17-16-21-8-6-7-9-21)27(32)28-23-10-4-3-5-11-23/h3-5,10-15,21,25H,2,6-9,16-20H2,1H3,(H,28,32)(H,30,31). The molecule has 2 aromatic carbocycles. The van der Waals surface area contributed by atoms with Gasteiger partial charge in [-0.2, -0.15) is 0 Å². The van der Waals surface area contributed by atoms with Gasteiger partial charge in [0.1, 0.15) is 12.4 Å². The lowest BCUT2D eigenvalue weighted by Crippen LogP contribution is -2.39. The molecule has 184 valence electrons. The second kappa shape index (κ2) is 13.6. The number of nitrogens with zero attached hydrogens (tertiary/aromatic N) is 1. The van der Waals surface area contributed by atoms with E-state index in [1.54, 1.807) is 6.92 Å². The second-order valence-corrected chi connectivity index (χ2v) is 8.70. The van der Waals surface area contributed by atoms with Gasteiger partial charge in [-0.15, -0.1) is 0 Å². The predicted octanol–water partition coefficient (Wildman–Crippen LogP) is 5.21. The highest BCUT2D eigenvalue weighted by Gasteiger charge is 2.20. The molecule has 7 heteroatoms. The van der Waals surface area contributed by atoms with Crippen LogP contribution in [0.5, 0.6) is 5.75 Å². The molecule has 0 aliphatic heterocycles. The Kier molecular flexibility index (Phi) is 10.2.